The second kappa shape index (κ2) is 7.67. The Hall–Kier alpha value is -1.04. The average molecular weight is 297 g/mol. The lowest BCUT2D eigenvalue weighted by molar-refractivity contribution is -0.139. The van der Waals surface area contributed by atoms with E-state index in [0.29, 0.717) is 12.4 Å². The molecule has 1 aliphatic rings. The molecule has 0 amide bonds. The van der Waals surface area contributed by atoms with E-state index in [0.717, 1.165) is 23.3 Å². The third-order valence-electron chi connectivity index (χ3n) is 3.75. The van der Waals surface area contributed by atoms with Gasteiger partial charge in [0.05, 0.1) is 12.4 Å². The number of hydrogen-bond acceptors (Lipinski definition) is 5. The van der Waals surface area contributed by atoms with Gasteiger partial charge in [0.15, 0.2) is 5.16 Å². The van der Waals surface area contributed by atoms with Crippen molar-refractivity contribution < 1.29 is 9.53 Å². The predicted molar refractivity (Wildman–Crippen MR) is 78.6 cm³/mol. The summed E-state index contributed by atoms with van der Waals surface area (Å²) < 4.78 is 6.93. The summed E-state index contributed by atoms with van der Waals surface area (Å²) in [4.78, 5) is 11.4. The van der Waals surface area contributed by atoms with Crippen molar-refractivity contribution in [2.45, 2.75) is 50.6 Å². The summed E-state index contributed by atoms with van der Waals surface area (Å²) >= 11 is 1.39. The van der Waals surface area contributed by atoms with Crippen molar-refractivity contribution >= 4 is 17.7 Å². The zero-order chi connectivity index (χ0) is 14.4. The maximum absolute atomic E-state index is 11.4. The van der Waals surface area contributed by atoms with Crippen molar-refractivity contribution in [1.29, 1.82) is 0 Å². The second-order valence-electron chi connectivity index (χ2n) is 5.26. The number of carbonyl (C=O) groups excluding carboxylic acids is 1. The fourth-order valence-electron chi connectivity index (χ4n) is 2.62. The Bertz CT molecular complexity index is 442. The minimum Gasteiger partial charge on any atom is -0.465 e. The number of esters is 1. The third kappa shape index (κ3) is 4.23. The number of carbonyl (C=O) groups is 1. The molecule has 0 radical (unpaired) electrons. The molecule has 0 saturated heterocycles. The van der Waals surface area contributed by atoms with Gasteiger partial charge in [-0.25, -0.2) is 0 Å². The van der Waals surface area contributed by atoms with Crippen molar-refractivity contribution in [2.75, 3.05) is 12.4 Å². The largest absolute Gasteiger partial charge is 0.465 e. The predicted octanol–water partition coefficient (Wildman–Crippen LogP) is 2.59. The quantitative estimate of drug-likeness (QED) is 0.596. The molecule has 2 rings (SSSR count). The highest BCUT2D eigenvalue weighted by Crippen LogP contribution is 2.27. The molecular weight excluding hydrogens is 274 g/mol. The summed E-state index contributed by atoms with van der Waals surface area (Å²) in [6, 6.07) is 0. The summed E-state index contributed by atoms with van der Waals surface area (Å²) in [5.41, 5.74) is 0. The van der Waals surface area contributed by atoms with E-state index in [1.807, 2.05) is 18.5 Å². The first-order valence-electron chi connectivity index (χ1n) is 7.37. The molecule has 1 aromatic rings. The van der Waals surface area contributed by atoms with Gasteiger partial charge in [0.25, 0.3) is 0 Å². The lowest BCUT2D eigenvalue weighted by Gasteiger charge is -2.20. The fraction of sp³-hybridized carbons (Fsp3) is 0.786. The van der Waals surface area contributed by atoms with Crippen LogP contribution in [0.15, 0.2) is 5.16 Å². The number of hydrogen-bond donors (Lipinski definition) is 0. The van der Waals surface area contributed by atoms with E-state index in [2.05, 4.69) is 10.2 Å². The highest BCUT2D eigenvalue weighted by molar-refractivity contribution is 7.99. The maximum Gasteiger partial charge on any atom is 0.316 e. The smallest absolute Gasteiger partial charge is 0.316 e. The lowest BCUT2D eigenvalue weighted by Crippen LogP contribution is -2.12. The van der Waals surface area contributed by atoms with Crippen LogP contribution in [0.3, 0.4) is 0 Å². The minimum absolute atomic E-state index is 0.200. The average Bonchev–Trinajstić information content (AvgIpc) is 2.79. The first-order valence-corrected chi connectivity index (χ1v) is 8.36. The van der Waals surface area contributed by atoms with E-state index in [1.54, 1.807) is 0 Å². The summed E-state index contributed by atoms with van der Waals surface area (Å²) in [6.07, 6.45) is 7.66. The van der Waals surface area contributed by atoms with Gasteiger partial charge in [-0.1, -0.05) is 43.9 Å². The molecule has 112 valence electrons. The molecule has 1 saturated carbocycles. The molecule has 0 N–H and O–H groups in total. The topological polar surface area (TPSA) is 57.0 Å². The van der Waals surface area contributed by atoms with E-state index in [-0.39, 0.29) is 5.97 Å². The van der Waals surface area contributed by atoms with Crippen LogP contribution < -0.4 is 0 Å². The van der Waals surface area contributed by atoms with Gasteiger partial charge in [0.1, 0.15) is 5.82 Å². The van der Waals surface area contributed by atoms with Crippen molar-refractivity contribution in [3.63, 3.8) is 0 Å². The van der Waals surface area contributed by atoms with Gasteiger partial charge in [0, 0.05) is 13.5 Å². The molecule has 1 aromatic heterocycles. The van der Waals surface area contributed by atoms with Crippen LogP contribution in [0.4, 0.5) is 0 Å². The summed E-state index contributed by atoms with van der Waals surface area (Å²) in [5.74, 6) is 1.87. The molecule has 1 aliphatic carbocycles. The Morgan fingerprint density at radius 1 is 1.35 bits per heavy atom. The molecule has 0 bridgehead atoms. The van der Waals surface area contributed by atoms with Crippen LogP contribution in [-0.4, -0.2) is 33.1 Å². The van der Waals surface area contributed by atoms with Gasteiger partial charge in [-0.3, -0.25) is 4.79 Å². The Balaban J connectivity index is 1.87. The number of rotatable bonds is 6. The fourth-order valence-corrected chi connectivity index (χ4v) is 3.35. The lowest BCUT2D eigenvalue weighted by atomic mass is 9.87. The van der Waals surface area contributed by atoms with Crippen LogP contribution in [0.25, 0.3) is 0 Å². The minimum atomic E-state index is -0.200. The van der Waals surface area contributed by atoms with Gasteiger partial charge in [0.2, 0.25) is 0 Å². The van der Waals surface area contributed by atoms with Crippen LogP contribution in [0, 0.1) is 5.92 Å². The zero-order valence-electron chi connectivity index (χ0n) is 12.3. The molecule has 0 aliphatic heterocycles. The standard InChI is InChI=1S/C14H23N3O2S/c1-3-19-13(18)10-20-14-16-15-12(17(14)2)9-11-7-5-4-6-8-11/h11H,3-10H2,1-2H3. The number of nitrogens with zero attached hydrogens (tertiary/aromatic N) is 3. The maximum atomic E-state index is 11.4. The monoisotopic (exact) mass is 297 g/mol. The van der Waals surface area contributed by atoms with Crippen LogP contribution in [0.2, 0.25) is 0 Å². The third-order valence-corrected chi connectivity index (χ3v) is 4.74. The molecule has 0 spiro atoms. The SMILES string of the molecule is CCOC(=O)CSc1nnc(CC2CCCCC2)n1C. The van der Waals surface area contributed by atoms with Gasteiger partial charge in [-0.05, 0) is 12.8 Å². The van der Waals surface area contributed by atoms with E-state index in [4.69, 9.17) is 4.74 Å². The number of ether oxygens (including phenoxy) is 1. The highest BCUT2D eigenvalue weighted by atomic mass is 32.2. The molecule has 20 heavy (non-hydrogen) atoms. The van der Waals surface area contributed by atoms with Crippen molar-refractivity contribution in [2.24, 2.45) is 13.0 Å². The van der Waals surface area contributed by atoms with E-state index >= 15 is 0 Å². The normalized spacial score (nSPS) is 16.3. The van der Waals surface area contributed by atoms with E-state index < -0.39 is 0 Å². The van der Waals surface area contributed by atoms with Crippen LogP contribution in [0.1, 0.15) is 44.9 Å². The van der Waals surface area contributed by atoms with Gasteiger partial charge in [-0.2, -0.15) is 0 Å². The molecule has 0 atom stereocenters. The number of aromatic nitrogens is 3. The van der Waals surface area contributed by atoms with Crippen LogP contribution in [0.5, 0.6) is 0 Å². The van der Waals surface area contributed by atoms with Gasteiger partial charge in [-0.15, -0.1) is 10.2 Å². The summed E-state index contributed by atoms with van der Waals surface area (Å²) in [7, 11) is 1.98. The highest BCUT2D eigenvalue weighted by Gasteiger charge is 2.18. The zero-order valence-corrected chi connectivity index (χ0v) is 13.1. The first kappa shape index (κ1) is 15.4. The van der Waals surface area contributed by atoms with Gasteiger partial charge >= 0.3 is 5.97 Å². The van der Waals surface area contributed by atoms with Crippen LogP contribution >= 0.6 is 11.8 Å². The summed E-state index contributed by atoms with van der Waals surface area (Å²) in [5, 5.41) is 9.25. The van der Waals surface area contributed by atoms with E-state index in [1.165, 1.54) is 43.9 Å². The number of thioether (sulfide) groups is 1. The molecule has 0 unspecified atom stereocenters. The molecule has 1 heterocycles. The van der Waals surface area contributed by atoms with Crippen molar-refractivity contribution in [3.05, 3.63) is 5.82 Å². The first-order chi connectivity index (χ1) is 9.70. The Kier molecular flexibility index (Phi) is 5.88. The molecule has 1 fully saturated rings. The molecule has 0 aromatic carbocycles. The molecular formula is C14H23N3O2S. The van der Waals surface area contributed by atoms with E-state index in [9.17, 15) is 4.79 Å². The second-order valence-corrected chi connectivity index (χ2v) is 6.20. The van der Waals surface area contributed by atoms with Crippen molar-refractivity contribution in [1.82, 2.24) is 14.8 Å². The van der Waals surface area contributed by atoms with Crippen LogP contribution in [-0.2, 0) is 23.0 Å². The molecule has 5 nitrogen and oxygen atoms in total. The summed E-state index contributed by atoms with van der Waals surface area (Å²) in [6.45, 7) is 2.23. The van der Waals surface area contributed by atoms with Gasteiger partial charge < -0.3 is 9.30 Å². The molecule has 6 heteroatoms. The van der Waals surface area contributed by atoms with Crippen molar-refractivity contribution in [3.8, 4) is 0 Å². The Morgan fingerprint density at radius 2 is 2.10 bits per heavy atom. The Morgan fingerprint density at radius 3 is 2.80 bits per heavy atom. The Labute approximate surface area is 124 Å².